The molecule has 0 spiro atoms. The van der Waals surface area contributed by atoms with E-state index in [0.29, 0.717) is 64.6 Å². The van der Waals surface area contributed by atoms with Crippen LogP contribution in [-0.4, -0.2) is 133 Å². The molecule has 4 unspecified atom stereocenters. The van der Waals surface area contributed by atoms with E-state index in [1.807, 2.05) is 43.0 Å². The number of nitrogens with zero attached hydrogens (tertiary/aromatic N) is 3. The number of hydrogen-bond donors (Lipinski definition) is 6. The average molecular weight is 1240 g/mol. The lowest BCUT2D eigenvalue weighted by Crippen LogP contribution is -2.49. The molecule has 23 nitrogen and oxygen atoms in total. The number of benzene rings is 5. The fraction of sp³-hybridized carbons (Fsp3) is 0.345. The highest BCUT2D eigenvalue weighted by atomic mass is 33.1. The number of carbonyl (C=O) groups excluding carboxylic acids is 6. The van der Waals surface area contributed by atoms with Gasteiger partial charge in [0.15, 0.2) is 33.6 Å². The number of nitrogens with one attached hydrogen (secondary N) is 4. The van der Waals surface area contributed by atoms with E-state index in [4.69, 9.17) is 18.9 Å². The summed E-state index contributed by atoms with van der Waals surface area (Å²) in [5, 5.41) is 8.30. The van der Waals surface area contributed by atoms with E-state index in [9.17, 15) is 54.7 Å². The van der Waals surface area contributed by atoms with Gasteiger partial charge in [0.1, 0.15) is 13.2 Å². The number of methoxy groups -OCH3 is 2. The fourth-order valence-electron chi connectivity index (χ4n) is 10.9. The second-order valence-electron chi connectivity index (χ2n) is 21.4. The molecule has 448 valence electrons. The number of fused-ring (bicyclic) bond motifs is 8. The van der Waals surface area contributed by atoms with Gasteiger partial charge in [-0.25, -0.2) is 0 Å². The van der Waals surface area contributed by atoms with Crippen LogP contribution in [0.5, 0.6) is 23.0 Å². The van der Waals surface area contributed by atoms with Crippen molar-refractivity contribution in [1.29, 1.82) is 0 Å². The maximum Gasteiger partial charge on any atom is 0.288 e. The molecule has 5 aromatic rings. The number of hydrogen-bond acceptors (Lipinski definition) is 18. The van der Waals surface area contributed by atoms with Gasteiger partial charge in [0, 0.05) is 77.9 Å². The van der Waals surface area contributed by atoms with Gasteiger partial charge in [-0.1, -0.05) is 58.0 Å². The van der Waals surface area contributed by atoms with Gasteiger partial charge in [-0.05, 0) is 104 Å². The Hall–Kier alpha value is -7.82. The molecule has 6 N–H and O–H groups in total. The van der Waals surface area contributed by atoms with Gasteiger partial charge in [0.05, 0.1) is 48.8 Å². The van der Waals surface area contributed by atoms with Crippen LogP contribution in [0.4, 0.5) is 28.4 Å². The molecule has 5 aliphatic heterocycles. The first-order chi connectivity index (χ1) is 40.5. The highest BCUT2D eigenvalue weighted by Gasteiger charge is 2.47. The minimum Gasteiger partial charge on any atom is -0.493 e. The Morgan fingerprint density at radius 2 is 1.33 bits per heavy atom. The fourth-order valence-corrected chi connectivity index (χ4v) is 15.4. The summed E-state index contributed by atoms with van der Waals surface area (Å²) in [6.45, 7) is 3.66. The van der Waals surface area contributed by atoms with Crippen LogP contribution in [0.1, 0.15) is 76.1 Å². The molecule has 5 aromatic carbocycles. The van der Waals surface area contributed by atoms with E-state index in [0.717, 1.165) is 33.9 Å². The van der Waals surface area contributed by atoms with Gasteiger partial charge in [0.25, 0.3) is 43.9 Å². The molecule has 6 amide bonds. The van der Waals surface area contributed by atoms with Crippen LogP contribution in [0, 0.1) is 0 Å². The van der Waals surface area contributed by atoms with E-state index in [-0.39, 0.29) is 91.9 Å². The average Bonchev–Trinajstić information content (AvgIpc) is 1.82. The molecule has 0 radical (unpaired) electrons. The van der Waals surface area contributed by atoms with Crippen LogP contribution in [0.3, 0.4) is 0 Å². The summed E-state index contributed by atoms with van der Waals surface area (Å²) in [6.07, 6.45) is 3.15. The minimum atomic E-state index is -4.82. The Morgan fingerprint density at radius 1 is 0.753 bits per heavy atom. The number of para-hydroxylation sites is 2. The first-order valence-corrected chi connectivity index (χ1v) is 32.3. The first kappa shape index (κ1) is 60.3. The molecular weight excluding hydrogens is 1180 g/mol. The maximum absolute atomic E-state index is 14.3. The quantitative estimate of drug-likeness (QED) is 0.0173. The molecular formula is C58H61N7O16S4. The molecule has 0 bridgehead atoms. The third kappa shape index (κ3) is 13.2. The second-order valence-corrected chi connectivity index (χ2v) is 27.6. The molecule has 27 heteroatoms. The summed E-state index contributed by atoms with van der Waals surface area (Å²) < 4.78 is 94.7. The zero-order valence-corrected chi connectivity index (χ0v) is 49.8. The van der Waals surface area contributed by atoms with Crippen LogP contribution in [0.25, 0.3) is 0 Å². The first-order valence-electron chi connectivity index (χ1n) is 27.0. The minimum absolute atomic E-state index is 0.0368. The second kappa shape index (κ2) is 24.6. The van der Waals surface area contributed by atoms with Crippen molar-refractivity contribution in [3.63, 3.8) is 0 Å². The summed E-state index contributed by atoms with van der Waals surface area (Å²) in [5.74, 6) is -2.14. The summed E-state index contributed by atoms with van der Waals surface area (Å²) >= 11 is 0. The van der Waals surface area contributed by atoms with Gasteiger partial charge < -0.3 is 50.0 Å². The monoisotopic (exact) mass is 1240 g/mol. The van der Waals surface area contributed by atoms with Crippen molar-refractivity contribution in [1.82, 2.24) is 10.2 Å². The van der Waals surface area contributed by atoms with Gasteiger partial charge in [-0.15, -0.1) is 0 Å². The van der Waals surface area contributed by atoms with Crippen molar-refractivity contribution < 1.29 is 73.7 Å². The van der Waals surface area contributed by atoms with Gasteiger partial charge >= 0.3 is 0 Å². The summed E-state index contributed by atoms with van der Waals surface area (Å²) in [6, 6.07) is 25.2. The lowest BCUT2D eigenvalue weighted by Gasteiger charge is -2.27. The number of carbonyl (C=O) groups is 6. The van der Waals surface area contributed by atoms with Crippen molar-refractivity contribution in [2.24, 2.45) is 0 Å². The Labute approximate surface area is 498 Å². The SMILES string of the molecule is COc1cc2c(cc1OCc1cc(COc3cc4c(cc3OC)C(=O)N3c5ccccc5CC3C(S(=O)(=O)O)N4)cc(NC(=O)CCC(C)(C)SSCCC(C(=O)NCCN3C(=O)C=CC3=O)S(=O)(=O)O)c1)NCC1Cc3ccccc3N1C2=O. The smallest absolute Gasteiger partial charge is 0.288 e. The lowest BCUT2D eigenvalue weighted by atomic mass is 10.1. The van der Waals surface area contributed by atoms with E-state index >= 15 is 0 Å². The third-order valence-electron chi connectivity index (χ3n) is 15.1. The maximum atomic E-state index is 14.3. The molecule has 0 fully saturated rings. The summed E-state index contributed by atoms with van der Waals surface area (Å²) in [5.41, 5.74) is 5.82. The van der Waals surface area contributed by atoms with Crippen molar-refractivity contribution in [2.75, 3.05) is 65.4 Å². The van der Waals surface area contributed by atoms with Crippen LogP contribution in [-0.2, 0) is 65.5 Å². The molecule has 5 aliphatic rings. The van der Waals surface area contributed by atoms with Crippen LogP contribution in [0.2, 0.25) is 0 Å². The highest BCUT2D eigenvalue weighted by molar-refractivity contribution is 8.77. The zero-order chi connectivity index (χ0) is 60.5. The van der Waals surface area contributed by atoms with Crippen LogP contribution >= 0.6 is 21.6 Å². The molecule has 10 rings (SSSR count). The standard InChI is InChI=1S/C58H61N7O16S4/c1-58(2,83-82-20-16-50(84(72,73)74)54(69)59-18-19-63-52(67)13-14-53(63)68)17-15-51(66)61-37-22-33(31-80-48-28-41-39(26-46(48)78-3)56(70)64-38(30-60-41)24-35-9-5-7-11-43(35)64)21-34(23-37)32-81-49-29-42-40(27-47(49)79-4)57(71)65-44-12-8-6-10-36(44)25-45(65)55(62-42)85(75,76)77/h5-14,21-23,26-29,38,45,50,55,60,62H,15-20,24-25,30-32H2,1-4H3,(H,59,69)(H,61,66)(H,72,73,74)(H,75,76,77). The van der Waals surface area contributed by atoms with Gasteiger partial charge in [0.2, 0.25) is 11.8 Å². The molecule has 85 heavy (non-hydrogen) atoms. The molecule has 0 aliphatic carbocycles. The van der Waals surface area contributed by atoms with Crippen molar-refractivity contribution in [3.05, 3.63) is 137 Å². The van der Waals surface area contributed by atoms with Gasteiger partial charge in [-0.2, -0.15) is 16.8 Å². The van der Waals surface area contributed by atoms with Crippen molar-refractivity contribution in [2.45, 2.75) is 86.6 Å². The molecule has 0 saturated carbocycles. The number of anilines is 5. The number of imide groups is 1. The van der Waals surface area contributed by atoms with E-state index < -0.39 is 65.3 Å². The Morgan fingerprint density at radius 3 is 1.94 bits per heavy atom. The van der Waals surface area contributed by atoms with E-state index in [1.165, 1.54) is 52.8 Å². The normalized spacial score (nSPS) is 18.1. The van der Waals surface area contributed by atoms with Gasteiger partial charge in [-0.3, -0.25) is 42.8 Å². The summed E-state index contributed by atoms with van der Waals surface area (Å²) in [7, 11) is -4.12. The number of ether oxygens (including phenoxy) is 4. The number of amides is 6. The third-order valence-corrected chi connectivity index (χ3v) is 20.7. The Bertz CT molecular complexity index is 3770. The Kier molecular flexibility index (Phi) is 17.5. The molecule has 0 saturated heterocycles. The van der Waals surface area contributed by atoms with Crippen molar-refractivity contribution >= 4 is 106 Å². The van der Waals surface area contributed by atoms with E-state index in [1.54, 1.807) is 54.6 Å². The predicted molar refractivity (Wildman–Crippen MR) is 321 cm³/mol. The highest BCUT2D eigenvalue weighted by Crippen LogP contribution is 2.45. The Balaban J connectivity index is 0.845. The lowest BCUT2D eigenvalue weighted by molar-refractivity contribution is -0.137. The zero-order valence-electron chi connectivity index (χ0n) is 46.5. The predicted octanol–water partition coefficient (Wildman–Crippen LogP) is 6.64. The summed E-state index contributed by atoms with van der Waals surface area (Å²) in [4.78, 5) is 83.0. The molecule has 4 atom stereocenters. The van der Waals surface area contributed by atoms with Crippen LogP contribution < -0.4 is 50.0 Å². The largest absolute Gasteiger partial charge is 0.493 e. The molecule has 5 heterocycles. The number of rotatable bonds is 23. The molecule has 0 aromatic heterocycles. The topological polar surface area (TPSA) is 306 Å². The van der Waals surface area contributed by atoms with Crippen LogP contribution in [0.15, 0.2) is 103 Å². The van der Waals surface area contributed by atoms with E-state index in [2.05, 4.69) is 21.3 Å². The van der Waals surface area contributed by atoms with Crippen molar-refractivity contribution in [3.8, 4) is 23.0 Å².